The van der Waals surface area contributed by atoms with Gasteiger partial charge in [-0.3, -0.25) is 14.9 Å². The van der Waals surface area contributed by atoms with Crippen LogP contribution in [0.2, 0.25) is 0 Å². The van der Waals surface area contributed by atoms with Crippen LogP contribution in [0.4, 0.5) is 13.2 Å². The Morgan fingerprint density at radius 1 is 1.03 bits per heavy atom. The highest BCUT2D eigenvalue weighted by Gasteiger charge is 2.31. The number of hydrogen-bond acceptors (Lipinski definition) is 5. The molecule has 1 aliphatic heterocycles. The van der Waals surface area contributed by atoms with Crippen molar-refractivity contribution < 1.29 is 22.6 Å². The molecule has 0 amide bonds. The van der Waals surface area contributed by atoms with Crippen LogP contribution in [0.3, 0.4) is 0 Å². The first-order chi connectivity index (χ1) is 14.4. The van der Waals surface area contributed by atoms with Gasteiger partial charge in [0.2, 0.25) is 0 Å². The molecule has 0 saturated carbocycles. The highest BCUT2D eigenvalue weighted by Crippen LogP contribution is 2.31. The minimum atomic E-state index is -4.70. The van der Waals surface area contributed by atoms with Crippen molar-refractivity contribution in [1.29, 1.82) is 0 Å². The van der Waals surface area contributed by atoms with Gasteiger partial charge >= 0.3 is 6.36 Å². The van der Waals surface area contributed by atoms with E-state index in [2.05, 4.69) is 19.6 Å². The first kappa shape index (κ1) is 20.2. The quantitative estimate of drug-likeness (QED) is 0.616. The molecule has 0 aliphatic carbocycles. The summed E-state index contributed by atoms with van der Waals surface area (Å²) in [5.74, 6) is 0.572. The number of alkyl halides is 3. The van der Waals surface area contributed by atoms with Crippen LogP contribution in [-0.4, -0.2) is 34.4 Å². The molecule has 0 bridgehead atoms. The van der Waals surface area contributed by atoms with Gasteiger partial charge in [-0.1, -0.05) is 18.2 Å². The standard InChI is InChI=1S/C22H20F3N3O2/c1-15-11-27-19(12-26-15)14-28-8-9-29-21-7-4-17(10-18(21)13-28)16-2-5-20(6-3-16)30-22(23,24)25/h2-7,10-12H,8-9,13-14H2,1H3. The maximum Gasteiger partial charge on any atom is 0.573 e. The van der Waals surface area contributed by atoms with Crippen molar-refractivity contribution in [3.05, 3.63) is 71.8 Å². The van der Waals surface area contributed by atoms with Crippen molar-refractivity contribution in [3.8, 4) is 22.6 Å². The number of halogens is 3. The van der Waals surface area contributed by atoms with Gasteiger partial charge < -0.3 is 9.47 Å². The van der Waals surface area contributed by atoms with Gasteiger partial charge in [0.25, 0.3) is 0 Å². The van der Waals surface area contributed by atoms with Gasteiger partial charge in [0, 0.05) is 37.6 Å². The molecule has 3 aromatic rings. The summed E-state index contributed by atoms with van der Waals surface area (Å²) >= 11 is 0. The van der Waals surface area contributed by atoms with Crippen molar-refractivity contribution in [2.45, 2.75) is 26.4 Å². The first-order valence-electron chi connectivity index (χ1n) is 9.47. The highest BCUT2D eigenvalue weighted by atomic mass is 19.4. The smallest absolute Gasteiger partial charge is 0.492 e. The fourth-order valence-corrected chi connectivity index (χ4v) is 3.34. The molecule has 1 aliphatic rings. The molecule has 0 atom stereocenters. The van der Waals surface area contributed by atoms with Gasteiger partial charge in [0.1, 0.15) is 18.1 Å². The molecule has 8 heteroatoms. The van der Waals surface area contributed by atoms with E-state index < -0.39 is 6.36 Å². The summed E-state index contributed by atoms with van der Waals surface area (Å²) in [6, 6.07) is 11.7. The van der Waals surface area contributed by atoms with Gasteiger partial charge in [0.15, 0.2) is 0 Å². The predicted molar refractivity (Wildman–Crippen MR) is 105 cm³/mol. The molecule has 5 nitrogen and oxygen atoms in total. The molecule has 0 spiro atoms. The topological polar surface area (TPSA) is 47.5 Å². The lowest BCUT2D eigenvalue weighted by Crippen LogP contribution is -2.25. The Morgan fingerprint density at radius 2 is 1.80 bits per heavy atom. The van der Waals surface area contributed by atoms with Crippen LogP contribution in [0.15, 0.2) is 54.9 Å². The zero-order chi connectivity index (χ0) is 21.1. The number of fused-ring (bicyclic) bond motifs is 1. The third-order valence-corrected chi connectivity index (χ3v) is 4.76. The minimum Gasteiger partial charge on any atom is -0.492 e. The third-order valence-electron chi connectivity index (χ3n) is 4.76. The molecule has 1 aromatic heterocycles. The van der Waals surface area contributed by atoms with E-state index in [1.807, 2.05) is 25.1 Å². The van der Waals surface area contributed by atoms with Gasteiger partial charge in [-0.25, -0.2) is 0 Å². The summed E-state index contributed by atoms with van der Waals surface area (Å²) < 4.78 is 46.9. The van der Waals surface area contributed by atoms with Gasteiger partial charge in [0.05, 0.1) is 11.4 Å². The second-order valence-electron chi connectivity index (χ2n) is 7.10. The lowest BCUT2D eigenvalue weighted by Gasteiger charge is -2.19. The Kier molecular flexibility index (Phi) is 5.59. The van der Waals surface area contributed by atoms with E-state index in [-0.39, 0.29) is 5.75 Å². The Hall–Kier alpha value is -3.13. The van der Waals surface area contributed by atoms with Crippen molar-refractivity contribution in [2.24, 2.45) is 0 Å². The number of rotatable bonds is 4. The Labute approximate surface area is 172 Å². The Balaban J connectivity index is 1.52. The first-order valence-corrected chi connectivity index (χ1v) is 9.47. The van der Waals surface area contributed by atoms with E-state index in [1.54, 1.807) is 24.5 Å². The molecule has 0 radical (unpaired) electrons. The van der Waals surface area contributed by atoms with E-state index in [9.17, 15) is 13.2 Å². The van der Waals surface area contributed by atoms with Gasteiger partial charge in [-0.15, -0.1) is 13.2 Å². The molecule has 30 heavy (non-hydrogen) atoms. The maximum absolute atomic E-state index is 12.4. The van der Waals surface area contributed by atoms with E-state index in [4.69, 9.17) is 4.74 Å². The Morgan fingerprint density at radius 3 is 2.50 bits per heavy atom. The molecular weight excluding hydrogens is 395 g/mol. The average molecular weight is 415 g/mol. The maximum atomic E-state index is 12.4. The van der Waals surface area contributed by atoms with Crippen LogP contribution < -0.4 is 9.47 Å². The molecule has 4 rings (SSSR count). The third kappa shape index (κ3) is 5.07. The monoisotopic (exact) mass is 415 g/mol. The van der Waals surface area contributed by atoms with E-state index in [0.29, 0.717) is 19.7 Å². The van der Waals surface area contributed by atoms with Crippen molar-refractivity contribution in [3.63, 3.8) is 0 Å². The number of benzene rings is 2. The Bertz CT molecular complexity index is 1010. The molecule has 0 unspecified atom stereocenters. The summed E-state index contributed by atoms with van der Waals surface area (Å²) in [6.45, 7) is 4.55. The number of hydrogen-bond donors (Lipinski definition) is 0. The van der Waals surface area contributed by atoms with E-state index >= 15 is 0 Å². The van der Waals surface area contributed by atoms with Crippen LogP contribution in [0, 0.1) is 6.92 Å². The molecule has 156 valence electrons. The molecule has 0 fully saturated rings. The molecule has 0 N–H and O–H groups in total. The minimum absolute atomic E-state index is 0.241. The fraction of sp³-hybridized carbons (Fsp3) is 0.273. The lowest BCUT2D eigenvalue weighted by molar-refractivity contribution is -0.274. The molecule has 2 aromatic carbocycles. The zero-order valence-electron chi connectivity index (χ0n) is 16.3. The van der Waals surface area contributed by atoms with Crippen LogP contribution in [0.1, 0.15) is 17.0 Å². The fourth-order valence-electron chi connectivity index (χ4n) is 3.34. The largest absolute Gasteiger partial charge is 0.573 e. The van der Waals surface area contributed by atoms with Crippen LogP contribution >= 0.6 is 0 Å². The molecule has 2 heterocycles. The number of aromatic nitrogens is 2. The number of nitrogens with zero attached hydrogens (tertiary/aromatic N) is 3. The normalized spacial score (nSPS) is 14.5. The van der Waals surface area contributed by atoms with Crippen LogP contribution in [-0.2, 0) is 13.1 Å². The van der Waals surface area contributed by atoms with Crippen LogP contribution in [0.5, 0.6) is 11.5 Å². The summed E-state index contributed by atoms with van der Waals surface area (Å²) in [5.41, 5.74) is 4.47. The zero-order valence-corrected chi connectivity index (χ0v) is 16.3. The SMILES string of the molecule is Cc1cnc(CN2CCOc3ccc(-c4ccc(OC(F)(F)F)cc4)cc3C2)cn1. The number of aryl methyl sites for hydroxylation is 1. The van der Waals surface area contributed by atoms with Crippen molar-refractivity contribution in [2.75, 3.05) is 13.2 Å². The predicted octanol–water partition coefficient (Wildman–Crippen LogP) is 4.75. The highest BCUT2D eigenvalue weighted by molar-refractivity contribution is 5.66. The van der Waals surface area contributed by atoms with E-state index in [1.165, 1.54) is 12.1 Å². The van der Waals surface area contributed by atoms with Crippen molar-refractivity contribution >= 4 is 0 Å². The molecule has 0 saturated heterocycles. The second-order valence-corrected chi connectivity index (χ2v) is 7.10. The van der Waals surface area contributed by atoms with Crippen LogP contribution in [0.25, 0.3) is 11.1 Å². The van der Waals surface area contributed by atoms with E-state index in [0.717, 1.165) is 40.4 Å². The lowest BCUT2D eigenvalue weighted by atomic mass is 10.0. The summed E-state index contributed by atoms with van der Waals surface area (Å²) in [7, 11) is 0. The summed E-state index contributed by atoms with van der Waals surface area (Å²) in [4.78, 5) is 10.9. The number of ether oxygens (including phenoxy) is 2. The van der Waals surface area contributed by atoms with Gasteiger partial charge in [-0.05, 0) is 42.3 Å². The van der Waals surface area contributed by atoms with Crippen molar-refractivity contribution in [1.82, 2.24) is 14.9 Å². The van der Waals surface area contributed by atoms with Gasteiger partial charge in [-0.2, -0.15) is 0 Å². The average Bonchev–Trinajstić information content (AvgIpc) is 2.90. The molecular formula is C22H20F3N3O2. The summed E-state index contributed by atoms with van der Waals surface area (Å²) in [5, 5.41) is 0. The summed E-state index contributed by atoms with van der Waals surface area (Å²) in [6.07, 6.45) is -1.17. The second kappa shape index (κ2) is 8.31.